The molecule has 96 valence electrons. The van der Waals surface area contributed by atoms with E-state index in [4.69, 9.17) is 0 Å². The highest BCUT2D eigenvalue weighted by Gasteiger charge is 2.17. The Balaban J connectivity index is 2.32. The molecule has 0 saturated heterocycles. The molecule has 0 aliphatic carbocycles. The first kappa shape index (κ1) is 12.3. The van der Waals surface area contributed by atoms with Crippen molar-refractivity contribution in [3.8, 4) is 17.2 Å². The monoisotopic (exact) mass is 280 g/mol. The Labute approximate surface area is 118 Å². The summed E-state index contributed by atoms with van der Waals surface area (Å²) < 4.78 is 0. The Hall–Kier alpha value is -2.71. The van der Waals surface area contributed by atoms with Crippen LogP contribution in [-0.4, -0.2) is 16.1 Å². The van der Waals surface area contributed by atoms with E-state index >= 15 is 0 Å². The minimum atomic E-state index is -0.993. The predicted molar refractivity (Wildman–Crippen MR) is 76.7 cm³/mol. The standard InChI is InChI=1S/C15H8N2O2S/c16-8-13-11(10-5-6-20-14(10)15(18)19)7-9-3-1-2-4-12(9)17-13/h1-7H,(H,18,19). The zero-order chi connectivity index (χ0) is 14.1. The van der Waals surface area contributed by atoms with Crippen molar-refractivity contribution in [2.75, 3.05) is 0 Å². The molecule has 0 aliphatic rings. The number of aromatic nitrogens is 1. The van der Waals surface area contributed by atoms with Crippen LogP contribution in [0.3, 0.4) is 0 Å². The molecule has 3 rings (SSSR count). The van der Waals surface area contributed by atoms with Gasteiger partial charge in [-0.3, -0.25) is 0 Å². The molecule has 5 heteroatoms. The number of fused-ring (bicyclic) bond motifs is 1. The van der Waals surface area contributed by atoms with Crippen LogP contribution in [0.15, 0.2) is 41.8 Å². The van der Waals surface area contributed by atoms with Crippen molar-refractivity contribution in [1.29, 1.82) is 5.26 Å². The second kappa shape index (κ2) is 4.76. The Kier molecular flexibility index (Phi) is 2.93. The maximum absolute atomic E-state index is 11.2. The van der Waals surface area contributed by atoms with E-state index in [1.54, 1.807) is 11.4 Å². The molecule has 0 unspecified atom stereocenters. The molecule has 20 heavy (non-hydrogen) atoms. The summed E-state index contributed by atoms with van der Waals surface area (Å²) in [5, 5.41) is 21.0. The summed E-state index contributed by atoms with van der Waals surface area (Å²) in [5.41, 5.74) is 2.06. The third kappa shape index (κ3) is 1.92. The molecule has 0 atom stereocenters. The number of hydrogen-bond acceptors (Lipinski definition) is 4. The average molecular weight is 280 g/mol. The minimum Gasteiger partial charge on any atom is -0.477 e. The number of aromatic carboxylic acids is 1. The number of para-hydroxylation sites is 1. The summed E-state index contributed by atoms with van der Waals surface area (Å²) >= 11 is 1.14. The average Bonchev–Trinajstić information content (AvgIpc) is 2.95. The Bertz CT molecular complexity index is 862. The van der Waals surface area contributed by atoms with E-state index in [-0.39, 0.29) is 10.6 Å². The maximum Gasteiger partial charge on any atom is 0.346 e. The van der Waals surface area contributed by atoms with Crippen molar-refractivity contribution in [2.45, 2.75) is 0 Å². The number of benzene rings is 1. The summed E-state index contributed by atoms with van der Waals surface area (Å²) in [5.74, 6) is -0.993. The fraction of sp³-hybridized carbons (Fsp3) is 0. The van der Waals surface area contributed by atoms with Crippen LogP contribution in [0.1, 0.15) is 15.4 Å². The predicted octanol–water partition coefficient (Wildman–Crippen LogP) is 3.53. The van der Waals surface area contributed by atoms with Crippen molar-refractivity contribution in [1.82, 2.24) is 4.98 Å². The third-order valence-electron chi connectivity index (χ3n) is 2.98. The lowest BCUT2D eigenvalue weighted by molar-refractivity contribution is 0.0703. The van der Waals surface area contributed by atoms with Gasteiger partial charge in [0.25, 0.3) is 0 Å². The first-order valence-corrected chi connectivity index (χ1v) is 6.69. The number of rotatable bonds is 2. The van der Waals surface area contributed by atoms with Crippen LogP contribution in [-0.2, 0) is 0 Å². The topological polar surface area (TPSA) is 74.0 Å². The molecule has 0 radical (unpaired) electrons. The fourth-order valence-corrected chi connectivity index (χ4v) is 2.84. The molecular formula is C15H8N2O2S. The van der Waals surface area contributed by atoms with Crippen molar-refractivity contribution >= 4 is 28.2 Å². The smallest absolute Gasteiger partial charge is 0.346 e. The molecule has 0 saturated carbocycles. The lowest BCUT2D eigenvalue weighted by atomic mass is 10.0. The van der Waals surface area contributed by atoms with Crippen molar-refractivity contribution in [3.63, 3.8) is 0 Å². The van der Waals surface area contributed by atoms with Gasteiger partial charge < -0.3 is 5.11 Å². The van der Waals surface area contributed by atoms with Gasteiger partial charge in [-0.15, -0.1) is 11.3 Å². The van der Waals surface area contributed by atoms with Crippen LogP contribution in [0.2, 0.25) is 0 Å². The molecule has 0 spiro atoms. The molecular weight excluding hydrogens is 272 g/mol. The summed E-state index contributed by atoms with van der Waals surface area (Å²) in [4.78, 5) is 15.7. The zero-order valence-corrected chi connectivity index (χ0v) is 11.0. The zero-order valence-electron chi connectivity index (χ0n) is 10.2. The number of carboxylic acid groups (broad SMARTS) is 1. The lowest BCUT2D eigenvalue weighted by Crippen LogP contribution is -1.97. The van der Waals surface area contributed by atoms with Crippen LogP contribution in [0, 0.1) is 11.3 Å². The summed E-state index contributed by atoms with van der Waals surface area (Å²) in [6.07, 6.45) is 0. The number of thiophene rings is 1. The van der Waals surface area contributed by atoms with Crippen LogP contribution in [0.25, 0.3) is 22.0 Å². The van der Waals surface area contributed by atoms with E-state index in [2.05, 4.69) is 4.98 Å². The molecule has 0 fully saturated rings. The Morgan fingerprint density at radius 3 is 2.80 bits per heavy atom. The molecule has 2 aromatic heterocycles. The summed E-state index contributed by atoms with van der Waals surface area (Å²) in [6, 6.07) is 13.0. The SMILES string of the molecule is N#Cc1nc2ccccc2cc1-c1ccsc1C(=O)O. The quantitative estimate of drug-likeness (QED) is 0.779. The van der Waals surface area contributed by atoms with Crippen LogP contribution in [0.4, 0.5) is 0 Å². The van der Waals surface area contributed by atoms with Gasteiger partial charge in [-0.05, 0) is 23.6 Å². The number of nitrogens with zero attached hydrogens (tertiary/aromatic N) is 2. The third-order valence-corrected chi connectivity index (χ3v) is 3.88. The van der Waals surface area contributed by atoms with E-state index in [0.29, 0.717) is 11.1 Å². The van der Waals surface area contributed by atoms with E-state index in [1.807, 2.05) is 36.4 Å². The van der Waals surface area contributed by atoms with Crippen molar-refractivity contribution in [2.24, 2.45) is 0 Å². The highest BCUT2D eigenvalue weighted by molar-refractivity contribution is 7.12. The van der Waals surface area contributed by atoms with Gasteiger partial charge in [-0.2, -0.15) is 5.26 Å². The normalized spacial score (nSPS) is 10.3. The van der Waals surface area contributed by atoms with Gasteiger partial charge in [-0.1, -0.05) is 18.2 Å². The fourth-order valence-electron chi connectivity index (χ4n) is 2.09. The molecule has 4 nitrogen and oxygen atoms in total. The number of pyridine rings is 1. The number of hydrogen-bond donors (Lipinski definition) is 1. The lowest BCUT2D eigenvalue weighted by Gasteiger charge is -2.05. The minimum absolute atomic E-state index is 0.221. The highest BCUT2D eigenvalue weighted by Crippen LogP contribution is 2.32. The second-order valence-corrected chi connectivity index (χ2v) is 5.07. The van der Waals surface area contributed by atoms with Gasteiger partial charge in [0.15, 0.2) is 0 Å². The molecule has 2 heterocycles. The van der Waals surface area contributed by atoms with Gasteiger partial charge >= 0.3 is 5.97 Å². The van der Waals surface area contributed by atoms with Gasteiger partial charge in [0.05, 0.1) is 5.52 Å². The Morgan fingerprint density at radius 2 is 2.05 bits per heavy atom. The maximum atomic E-state index is 11.2. The van der Waals surface area contributed by atoms with E-state index < -0.39 is 5.97 Å². The van der Waals surface area contributed by atoms with Crippen LogP contribution < -0.4 is 0 Å². The molecule has 3 aromatic rings. The number of carboxylic acids is 1. The highest BCUT2D eigenvalue weighted by atomic mass is 32.1. The van der Waals surface area contributed by atoms with Gasteiger partial charge in [0.1, 0.15) is 16.6 Å². The van der Waals surface area contributed by atoms with Crippen molar-refractivity contribution in [3.05, 3.63) is 52.3 Å². The summed E-state index contributed by atoms with van der Waals surface area (Å²) in [7, 11) is 0. The molecule has 0 bridgehead atoms. The second-order valence-electron chi connectivity index (χ2n) is 4.16. The molecule has 0 aliphatic heterocycles. The van der Waals surface area contributed by atoms with E-state index in [0.717, 1.165) is 22.2 Å². The van der Waals surface area contributed by atoms with Gasteiger partial charge in [0.2, 0.25) is 0 Å². The van der Waals surface area contributed by atoms with Gasteiger partial charge in [-0.25, -0.2) is 9.78 Å². The first-order chi connectivity index (χ1) is 9.70. The number of nitriles is 1. The summed E-state index contributed by atoms with van der Waals surface area (Å²) in [6.45, 7) is 0. The van der Waals surface area contributed by atoms with Crippen LogP contribution >= 0.6 is 11.3 Å². The molecule has 0 amide bonds. The van der Waals surface area contributed by atoms with Crippen LogP contribution in [0.5, 0.6) is 0 Å². The largest absolute Gasteiger partial charge is 0.477 e. The Morgan fingerprint density at radius 1 is 1.25 bits per heavy atom. The molecule has 1 aromatic carbocycles. The first-order valence-electron chi connectivity index (χ1n) is 5.82. The molecule has 1 N–H and O–H groups in total. The van der Waals surface area contributed by atoms with E-state index in [9.17, 15) is 15.2 Å². The van der Waals surface area contributed by atoms with Crippen molar-refractivity contribution < 1.29 is 9.90 Å². The van der Waals surface area contributed by atoms with E-state index in [1.165, 1.54) is 0 Å². The number of carbonyl (C=O) groups is 1. The van der Waals surface area contributed by atoms with Gasteiger partial charge in [0, 0.05) is 16.5 Å².